The monoisotopic (exact) mass is 157 g/mol. The van der Waals surface area contributed by atoms with E-state index in [1.165, 1.54) is 0 Å². The Bertz CT molecular complexity index is 68.9. The van der Waals surface area contributed by atoms with E-state index in [1.54, 1.807) is 6.92 Å². The third-order valence-electron chi connectivity index (χ3n) is 0.389. The van der Waals surface area contributed by atoms with E-state index in [0.29, 0.717) is 6.61 Å². The van der Waals surface area contributed by atoms with Crippen LogP contribution < -0.4 is 0 Å². The number of halogens is 1. The molecule has 0 spiro atoms. The Morgan fingerprint density at radius 3 is 2.62 bits per heavy atom. The zero-order valence-electron chi connectivity index (χ0n) is 4.46. The SMILES string of the molecule is CCO[P](=O)OCCl. The highest BCUT2D eigenvalue weighted by molar-refractivity contribution is 7.33. The Hall–Kier alpha value is 0.310. The summed E-state index contributed by atoms with van der Waals surface area (Å²) in [6.45, 7) is 2.11. The first-order valence-electron chi connectivity index (χ1n) is 2.10. The molecule has 0 N–H and O–H groups in total. The van der Waals surface area contributed by atoms with Gasteiger partial charge in [-0.3, -0.25) is 9.05 Å². The Morgan fingerprint density at radius 2 is 2.25 bits per heavy atom. The molecule has 0 bridgehead atoms. The maximum Gasteiger partial charge on any atom is 0.370 e. The fraction of sp³-hybridized carbons (Fsp3) is 1.00. The molecular formula is C3H7ClO3P. The summed E-state index contributed by atoms with van der Waals surface area (Å²) in [5.74, 6) is 0. The van der Waals surface area contributed by atoms with Gasteiger partial charge in [0.2, 0.25) is 0 Å². The molecule has 3 nitrogen and oxygen atoms in total. The highest BCUT2D eigenvalue weighted by atomic mass is 35.5. The Morgan fingerprint density at radius 1 is 1.62 bits per heavy atom. The van der Waals surface area contributed by atoms with E-state index in [0.717, 1.165) is 0 Å². The van der Waals surface area contributed by atoms with E-state index in [4.69, 9.17) is 11.6 Å². The molecule has 8 heavy (non-hydrogen) atoms. The van der Waals surface area contributed by atoms with Crippen LogP contribution in [0.15, 0.2) is 0 Å². The van der Waals surface area contributed by atoms with Crippen molar-refractivity contribution < 1.29 is 13.6 Å². The number of hydrogen-bond donors (Lipinski definition) is 0. The lowest BCUT2D eigenvalue weighted by atomic mass is 10.9. The van der Waals surface area contributed by atoms with Crippen molar-refractivity contribution in [3.63, 3.8) is 0 Å². The highest BCUT2D eigenvalue weighted by Crippen LogP contribution is 2.22. The standard InChI is InChI=1S/C3H7ClO3P/c1-2-6-8(5)7-3-4/h2-3H2,1H3. The van der Waals surface area contributed by atoms with Crippen LogP contribution in [0.1, 0.15) is 6.92 Å². The van der Waals surface area contributed by atoms with E-state index in [2.05, 4.69) is 9.05 Å². The molecule has 1 radical (unpaired) electrons. The number of alkyl halides is 1. The lowest BCUT2D eigenvalue weighted by molar-refractivity contribution is 0.260. The molecule has 0 saturated carbocycles. The minimum Gasteiger partial charge on any atom is -0.283 e. The van der Waals surface area contributed by atoms with Crippen LogP contribution in [0.25, 0.3) is 0 Å². The summed E-state index contributed by atoms with van der Waals surface area (Å²) in [4.78, 5) is 0. The van der Waals surface area contributed by atoms with Gasteiger partial charge in [-0.1, -0.05) is 11.6 Å². The minimum atomic E-state index is -1.96. The molecule has 5 heteroatoms. The maximum atomic E-state index is 10.3. The van der Waals surface area contributed by atoms with E-state index in [-0.39, 0.29) is 6.07 Å². The van der Waals surface area contributed by atoms with Gasteiger partial charge >= 0.3 is 8.25 Å². The van der Waals surface area contributed by atoms with Gasteiger partial charge in [0, 0.05) is 0 Å². The van der Waals surface area contributed by atoms with Crippen LogP contribution in [-0.4, -0.2) is 12.7 Å². The molecule has 0 amide bonds. The van der Waals surface area contributed by atoms with Gasteiger partial charge in [-0.2, -0.15) is 0 Å². The predicted molar refractivity (Wildman–Crippen MR) is 31.0 cm³/mol. The summed E-state index contributed by atoms with van der Waals surface area (Å²) in [6, 6.07) is -0.0881. The van der Waals surface area contributed by atoms with E-state index < -0.39 is 8.25 Å². The molecule has 0 saturated heterocycles. The fourth-order valence-electron chi connectivity index (χ4n) is 0.183. The maximum absolute atomic E-state index is 10.3. The van der Waals surface area contributed by atoms with Crippen LogP contribution in [0.5, 0.6) is 0 Å². The second kappa shape index (κ2) is 5.45. The molecule has 0 aliphatic rings. The summed E-state index contributed by atoms with van der Waals surface area (Å²) in [7, 11) is -1.96. The summed E-state index contributed by atoms with van der Waals surface area (Å²) in [5, 5.41) is 0. The second-order valence-corrected chi connectivity index (χ2v) is 2.06. The number of rotatable bonds is 4. The molecular weight excluding hydrogens is 150 g/mol. The van der Waals surface area contributed by atoms with Crippen LogP contribution in [-0.2, 0) is 13.6 Å². The second-order valence-electron chi connectivity index (χ2n) is 0.880. The third kappa shape index (κ3) is 4.47. The first kappa shape index (κ1) is 8.31. The van der Waals surface area contributed by atoms with E-state index in [1.807, 2.05) is 0 Å². The molecule has 0 heterocycles. The average molecular weight is 158 g/mol. The van der Waals surface area contributed by atoms with E-state index in [9.17, 15) is 4.57 Å². The highest BCUT2D eigenvalue weighted by Gasteiger charge is 1.95. The molecule has 49 valence electrons. The third-order valence-corrected chi connectivity index (χ3v) is 1.46. The summed E-state index contributed by atoms with van der Waals surface area (Å²) >= 11 is 5.05. The van der Waals surface area contributed by atoms with Crippen molar-refractivity contribution in [3.05, 3.63) is 0 Å². The van der Waals surface area contributed by atoms with Crippen molar-refractivity contribution in [2.24, 2.45) is 0 Å². The van der Waals surface area contributed by atoms with Gasteiger partial charge in [-0.05, 0) is 6.92 Å². The van der Waals surface area contributed by atoms with Crippen LogP contribution in [0.2, 0.25) is 0 Å². The molecule has 0 fully saturated rings. The fourth-order valence-corrected chi connectivity index (χ4v) is 0.787. The van der Waals surface area contributed by atoms with Gasteiger partial charge in [0.05, 0.1) is 6.61 Å². The van der Waals surface area contributed by atoms with Crippen LogP contribution in [0.4, 0.5) is 0 Å². The van der Waals surface area contributed by atoms with Crippen molar-refractivity contribution in [1.82, 2.24) is 0 Å². The zero-order chi connectivity index (χ0) is 6.41. The average Bonchev–Trinajstić information content (AvgIpc) is 1.68. The van der Waals surface area contributed by atoms with Gasteiger partial charge in [0.1, 0.15) is 6.07 Å². The normalized spacial score (nSPS) is 11.5. The van der Waals surface area contributed by atoms with E-state index >= 15 is 0 Å². The molecule has 0 aliphatic carbocycles. The summed E-state index contributed by atoms with van der Waals surface area (Å²) in [5.41, 5.74) is 0. The summed E-state index contributed by atoms with van der Waals surface area (Å²) in [6.07, 6.45) is 0. The van der Waals surface area contributed by atoms with Crippen LogP contribution in [0.3, 0.4) is 0 Å². The molecule has 1 unspecified atom stereocenters. The first-order valence-corrected chi connectivity index (χ1v) is 3.73. The van der Waals surface area contributed by atoms with Gasteiger partial charge in [-0.15, -0.1) is 0 Å². The lowest BCUT2D eigenvalue weighted by Gasteiger charge is -1.93. The van der Waals surface area contributed by atoms with Gasteiger partial charge in [0.25, 0.3) is 0 Å². The lowest BCUT2D eigenvalue weighted by Crippen LogP contribution is -1.80. The van der Waals surface area contributed by atoms with Crippen LogP contribution in [0, 0.1) is 0 Å². The zero-order valence-corrected chi connectivity index (χ0v) is 6.11. The number of hydrogen-bond acceptors (Lipinski definition) is 3. The Labute approximate surface area is 53.9 Å². The van der Waals surface area contributed by atoms with Gasteiger partial charge < -0.3 is 0 Å². The molecule has 0 aromatic heterocycles. The van der Waals surface area contributed by atoms with Crippen molar-refractivity contribution >= 4 is 19.9 Å². The largest absolute Gasteiger partial charge is 0.370 e. The van der Waals surface area contributed by atoms with Crippen LogP contribution >= 0.6 is 19.9 Å². The predicted octanol–water partition coefficient (Wildman–Crippen LogP) is 1.89. The van der Waals surface area contributed by atoms with Crippen molar-refractivity contribution in [2.45, 2.75) is 6.92 Å². The topological polar surface area (TPSA) is 35.5 Å². The molecule has 0 aromatic rings. The minimum absolute atomic E-state index is 0.0881. The van der Waals surface area contributed by atoms with Crippen molar-refractivity contribution in [3.8, 4) is 0 Å². The Kier molecular flexibility index (Phi) is 5.66. The smallest absolute Gasteiger partial charge is 0.283 e. The summed E-state index contributed by atoms with van der Waals surface area (Å²) < 4.78 is 19.1. The van der Waals surface area contributed by atoms with Gasteiger partial charge in [0.15, 0.2) is 0 Å². The molecule has 0 aromatic carbocycles. The molecule has 0 aliphatic heterocycles. The molecule has 0 rings (SSSR count). The van der Waals surface area contributed by atoms with Gasteiger partial charge in [-0.25, -0.2) is 4.57 Å². The molecule has 1 atom stereocenters. The first-order chi connectivity index (χ1) is 3.81. The van der Waals surface area contributed by atoms with Crippen molar-refractivity contribution in [1.29, 1.82) is 0 Å². The quantitative estimate of drug-likeness (QED) is 0.462. The Balaban J connectivity index is 3.06. The van der Waals surface area contributed by atoms with Crippen molar-refractivity contribution in [2.75, 3.05) is 12.7 Å².